The summed E-state index contributed by atoms with van der Waals surface area (Å²) >= 11 is 1.54. The lowest BCUT2D eigenvalue weighted by molar-refractivity contribution is 0.0529. The second kappa shape index (κ2) is 9.97. The maximum Gasteiger partial charge on any atom is 0.273 e. The summed E-state index contributed by atoms with van der Waals surface area (Å²) in [6, 6.07) is 10.8. The van der Waals surface area contributed by atoms with E-state index in [0.29, 0.717) is 12.2 Å². The highest BCUT2D eigenvalue weighted by Crippen LogP contribution is 2.21. The number of carbonyl (C=O) groups excluding carboxylic acids is 1. The van der Waals surface area contributed by atoms with Gasteiger partial charge in [-0.2, -0.15) is 0 Å². The van der Waals surface area contributed by atoms with Crippen molar-refractivity contribution in [2.75, 3.05) is 26.2 Å². The van der Waals surface area contributed by atoms with Gasteiger partial charge in [-0.3, -0.25) is 9.69 Å². The first-order valence-electron chi connectivity index (χ1n) is 9.93. The summed E-state index contributed by atoms with van der Waals surface area (Å²) in [6.07, 6.45) is 3.89. The highest BCUT2D eigenvalue weighted by Gasteiger charge is 2.29. The molecule has 0 spiro atoms. The Labute approximate surface area is 166 Å². The fourth-order valence-corrected chi connectivity index (χ4v) is 4.54. The van der Waals surface area contributed by atoms with Crippen molar-refractivity contribution in [1.29, 1.82) is 0 Å². The smallest absolute Gasteiger partial charge is 0.273 e. The van der Waals surface area contributed by atoms with Crippen molar-refractivity contribution in [3.05, 3.63) is 52.0 Å². The van der Waals surface area contributed by atoms with Crippen LogP contribution in [0.3, 0.4) is 0 Å². The Morgan fingerprint density at radius 2 is 2.19 bits per heavy atom. The molecular formula is C21H30N4OS. The Morgan fingerprint density at radius 1 is 1.37 bits per heavy atom. The van der Waals surface area contributed by atoms with Crippen LogP contribution in [0.2, 0.25) is 0 Å². The maximum absolute atomic E-state index is 13.1. The first-order valence-corrected chi connectivity index (χ1v) is 10.8. The van der Waals surface area contributed by atoms with E-state index >= 15 is 0 Å². The molecule has 0 bridgehead atoms. The largest absolute Gasteiger partial charge is 0.333 e. The van der Waals surface area contributed by atoms with Crippen LogP contribution in [0.5, 0.6) is 0 Å². The van der Waals surface area contributed by atoms with Crippen LogP contribution in [-0.2, 0) is 13.0 Å². The van der Waals surface area contributed by atoms with Crippen molar-refractivity contribution in [3.63, 3.8) is 0 Å². The predicted octanol–water partition coefficient (Wildman–Crippen LogP) is 3.16. The first kappa shape index (κ1) is 20.0. The molecule has 27 heavy (non-hydrogen) atoms. The Balaban J connectivity index is 1.68. The molecule has 1 aliphatic heterocycles. The Kier molecular flexibility index (Phi) is 7.38. The average molecular weight is 387 g/mol. The summed E-state index contributed by atoms with van der Waals surface area (Å²) in [4.78, 5) is 22.2. The van der Waals surface area contributed by atoms with E-state index in [1.807, 2.05) is 5.38 Å². The molecule has 1 aromatic carbocycles. The second-order valence-electron chi connectivity index (χ2n) is 7.18. The molecule has 0 aliphatic carbocycles. The lowest BCUT2D eigenvalue weighted by atomic mass is 10.0. The van der Waals surface area contributed by atoms with Crippen LogP contribution in [0.25, 0.3) is 0 Å². The summed E-state index contributed by atoms with van der Waals surface area (Å²) in [5.41, 5.74) is 7.53. The highest BCUT2D eigenvalue weighted by atomic mass is 32.1. The quantitative estimate of drug-likeness (QED) is 0.757. The van der Waals surface area contributed by atoms with Gasteiger partial charge in [-0.05, 0) is 37.9 Å². The fraction of sp³-hybridized carbons (Fsp3) is 0.524. The van der Waals surface area contributed by atoms with Crippen LogP contribution in [0, 0.1) is 0 Å². The third kappa shape index (κ3) is 5.37. The van der Waals surface area contributed by atoms with E-state index in [1.54, 1.807) is 0 Å². The third-order valence-corrected chi connectivity index (χ3v) is 5.93. The molecule has 1 fully saturated rings. The van der Waals surface area contributed by atoms with E-state index in [2.05, 4.69) is 52.0 Å². The molecule has 2 N–H and O–H groups in total. The topological polar surface area (TPSA) is 62.5 Å². The van der Waals surface area contributed by atoms with Gasteiger partial charge >= 0.3 is 0 Å². The lowest BCUT2D eigenvalue weighted by Crippen LogP contribution is -2.50. The van der Waals surface area contributed by atoms with E-state index in [1.165, 1.54) is 16.9 Å². The summed E-state index contributed by atoms with van der Waals surface area (Å²) < 4.78 is 0. The first-order chi connectivity index (χ1) is 13.2. The molecule has 0 radical (unpaired) electrons. The number of likely N-dealkylation sites (tertiary alicyclic amines) is 1. The van der Waals surface area contributed by atoms with Crippen molar-refractivity contribution in [1.82, 2.24) is 14.8 Å². The summed E-state index contributed by atoms with van der Waals surface area (Å²) in [5.74, 6) is 0.0722. The summed E-state index contributed by atoms with van der Waals surface area (Å²) in [6.45, 7) is 6.45. The zero-order chi connectivity index (χ0) is 19.1. The van der Waals surface area contributed by atoms with Gasteiger partial charge < -0.3 is 10.6 Å². The number of amides is 1. The van der Waals surface area contributed by atoms with E-state index in [0.717, 1.165) is 56.9 Å². The number of benzene rings is 1. The zero-order valence-electron chi connectivity index (χ0n) is 16.1. The fourth-order valence-electron chi connectivity index (χ4n) is 3.76. The lowest BCUT2D eigenvalue weighted by Gasteiger charge is -2.39. The SMILES string of the molecule is CCCN(C(=O)c1csc(CCN)n1)C1CCCN(Cc2ccccc2)C1. The van der Waals surface area contributed by atoms with Gasteiger partial charge in [0.25, 0.3) is 5.91 Å². The molecule has 6 heteroatoms. The monoisotopic (exact) mass is 386 g/mol. The molecule has 5 nitrogen and oxygen atoms in total. The van der Waals surface area contributed by atoms with Crippen molar-refractivity contribution < 1.29 is 4.79 Å². The minimum atomic E-state index is 0.0722. The highest BCUT2D eigenvalue weighted by molar-refractivity contribution is 7.09. The van der Waals surface area contributed by atoms with Gasteiger partial charge in [0.1, 0.15) is 5.69 Å². The van der Waals surface area contributed by atoms with Gasteiger partial charge in [-0.15, -0.1) is 11.3 Å². The molecular weight excluding hydrogens is 356 g/mol. The summed E-state index contributed by atoms with van der Waals surface area (Å²) in [5, 5.41) is 2.84. The molecule has 146 valence electrons. The van der Waals surface area contributed by atoms with Crippen LogP contribution >= 0.6 is 11.3 Å². The molecule has 3 rings (SSSR count). The van der Waals surface area contributed by atoms with Gasteiger partial charge in [0.15, 0.2) is 0 Å². The van der Waals surface area contributed by atoms with E-state index in [-0.39, 0.29) is 11.9 Å². The molecule has 1 unspecified atom stereocenters. The number of aromatic nitrogens is 1. The molecule has 1 saturated heterocycles. The number of piperidine rings is 1. The Bertz CT molecular complexity index is 718. The van der Waals surface area contributed by atoms with Gasteiger partial charge in [-0.25, -0.2) is 4.98 Å². The van der Waals surface area contributed by atoms with Gasteiger partial charge in [-0.1, -0.05) is 37.3 Å². The number of carbonyl (C=O) groups is 1. The second-order valence-corrected chi connectivity index (χ2v) is 8.12. The Hall–Kier alpha value is -1.76. The molecule has 2 heterocycles. The predicted molar refractivity (Wildman–Crippen MR) is 111 cm³/mol. The number of rotatable bonds is 8. The maximum atomic E-state index is 13.1. The molecule has 1 aromatic heterocycles. The van der Waals surface area contributed by atoms with Gasteiger partial charge in [0.2, 0.25) is 0 Å². The minimum absolute atomic E-state index is 0.0722. The van der Waals surface area contributed by atoms with E-state index in [9.17, 15) is 4.79 Å². The van der Waals surface area contributed by atoms with Crippen LogP contribution in [0.1, 0.15) is 47.2 Å². The molecule has 0 saturated carbocycles. The molecule has 1 atom stereocenters. The number of nitrogens with zero attached hydrogens (tertiary/aromatic N) is 3. The minimum Gasteiger partial charge on any atom is -0.333 e. The van der Waals surface area contributed by atoms with Gasteiger partial charge in [0.05, 0.1) is 5.01 Å². The average Bonchev–Trinajstić information content (AvgIpc) is 3.16. The number of hydrogen-bond donors (Lipinski definition) is 1. The van der Waals surface area contributed by atoms with Crippen LogP contribution in [-0.4, -0.2) is 52.9 Å². The van der Waals surface area contributed by atoms with Crippen LogP contribution in [0.15, 0.2) is 35.7 Å². The van der Waals surface area contributed by atoms with Crippen molar-refractivity contribution in [3.8, 4) is 0 Å². The zero-order valence-corrected chi connectivity index (χ0v) is 17.0. The number of hydrogen-bond acceptors (Lipinski definition) is 5. The van der Waals surface area contributed by atoms with Crippen molar-refractivity contribution in [2.45, 2.75) is 45.2 Å². The number of nitrogens with two attached hydrogens (primary N) is 1. The van der Waals surface area contributed by atoms with E-state index in [4.69, 9.17) is 5.73 Å². The van der Waals surface area contributed by atoms with Crippen molar-refractivity contribution in [2.24, 2.45) is 5.73 Å². The standard InChI is InChI=1S/C21H30N4OS/c1-2-12-25(21(26)19-16-27-20(23-19)10-11-22)18-9-6-13-24(15-18)14-17-7-4-3-5-8-17/h3-5,7-8,16,18H,2,6,9-15,22H2,1H3. The summed E-state index contributed by atoms with van der Waals surface area (Å²) in [7, 11) is 0. The normalized spacial score (nSPS) is 17.8. The van der Waals surface area contributed by atoms with Gasteiger partial charge in [0, 0.05) is 37.5 Å². The number of thiazole rings is 1. The van der Waals surface area contributed by atoms with Crippen LogP contribution < -0.4 is 5.73 Å². The van der Waals surface area contributed by atoms with E-state index < -0.39 is 0 Å². The third-order valence-electron chi connectivity index (χ3n) is 5.02. The molecule has 1 amide bonds. The molecule has 1 aliphatic rings. The Morgan fingerprint density at radius 3 is 2.93 bits per heavy atom. The molecule has 2 aromatic rings. The van der Waals surface area contributed by atoms with Crippen molar-refractivity contribution >= 4 is 17.2 Å². The van der Waals surface area contributed by atoms with Crippen LogP contribution in [0.4, 0.5) is 0 Å².